The SMILES string of the molecule is C=Nc1ccc(N2CCC(C)C2)cc1C(=C)OC. The zero-order valence-corrected chi connectivity index (χ0v) is 11.1. The van der Waals surface area contributed by atoms with Crippen LogP contribution in [0.25, 0.3) is 5.76 Å². The van der Waals surface area contributed by atoms with Crippen LogP contribution in [0.2, 0.25) is 0 Å². The molecule has 18 heavy (non-hydrogen) atoms. The quantitative estimate of drug-likeness (QED) is 0.598. The number of hydrogen-bond donors (Lipinski definition) is 0. The minimum Gasteiger partial charge on any atom is -0.497 e. The minimum absolute atomic E-state index is 0.631. The predicted molar refractivity (Wildman–Crippen MR) is 77.7 cm³/mol. The summed E-state index contributed by atoms with van der Waals surface area (Å²) in [6.45, 7) is 12.0. The van der Waals surface area contributed by atoms with Gasteiger partial charge in [-0.15, -0.1) is 0 Å². The summed E-state index contributed by atoms with van der Waals surface area (Å²) < 4.78 is 5.22. The van der Waals surface area contributed by atoms with Crippen LogP contribution in [-0.2, 0) is 4.74 Å². The lowest BCUT2D eigenvalue weighted by atomic mass is 10.1. The van der Waals surface area contributed by atoms with E-state index < -0.39 is 0 Å². The van der Waals surface area contributed by atoms with Crippen molar-refractivity contribution in [1.29, 1.82) is 0 Å². The average molecular weight is 244 g/mol. The molecule has 1 atom stereocenters. The van der Waals surface area contributed by atoms with Gasteiger partial charge in [-0.2, -0.15) is 0 Å². The maximum Gasteiger partial charge on any atom is 0.121 e. The van der Waals surface area contributed by atoms with Crippen LogP contribution in [0.15, 0.2) is 29.8 Å². The zero-order valence-electron chi connectivity index (χ0n) is 11.1. The van der Waals surface area contributed by atoms with Crippen LogP contribution >= 0.6 is 0 Å². The van der Waals surface area contributed by atoms with Gasteiger partial charge in [0.15, 0.2) is 0 Å². The molecule has 0 amide bonds. The molecule has 1 heterocycles. The van der Waals surface area contributed by atoms with Crippen LogP contribution in [0, 0.1) is 5.92 Å². The van der Waals surface area contributed by atoms with E-state index in [2.05, 4.69) is 42.2 Å². The lowest BCUT2D eigenvalue weighted by Crippen LogP contribution is -2.19. The van der Waals surface area contributed by atoms with Crippen LogP contribution in [0.5, 0.6) is 0 Å². The molecular weight excluding hydrogens is 224 g/mol. The third-order valence-electron chi connectivity index (χ3n) is 3.49. The molecule has 1 aromatic rings. The summed E-state index contributed by atoms with van der Waals surface area (Å²) >= 11 is 0. The number of rotatable bonds is 4. The van der Waals surface area contributed by atoms with Gasteiger partial charge in [0, 0.05) is 24.3 Å². The van der Waals surface area contributed by atoms with Crippen molar-refractivity contribution in [3.8, 4) is 0 Å². The monoisotopic (exact) mass is 244 g/mol. The topological polar surface area (TPSA) is 24.8 Å². The Morgan fingerprint density at radius 1 is 1.50 bits per heavy atom. The lowest BCUT2D eigenvalue weighted by molar-refractivity contribution is 0.371. The van der Waals surface area contributed by atoms with Gasteiger partial charge in [-0.1, -0.05) is 13.5 Å². The second-order valence-electron chi connectivity index (χ2n) is 4.83. The Kier molecular flexibility index (Phi) is 3.70. The Bertz CT molecular complexity index is 468. The fraction of sp³-hybridized carbons (Fsp3) is 0.400. The average Bonchev–Trinajstić information content (AvgIpc) is 2.83. The maximum atomic E-state index is 5.22. The Labute approximate surface area is 109 Å². The van der Waals surface area contributed by atoms with Crippen molar-refractivity contribution in [1.82, 2.24) is 0 Å². The summed E-state index contributed by atoms with van der Waals surface area (Å²) in [6, 6.07) is 6.16. The van der Waals surface area contributed by atoms with Crippen molar-refractivity contribution in [3.63, 3.8) is 0 Å². The van der Waals surface area contributed by atoms with Gasteiger partial charge in [0.2, 0.25) is 0 Å². The third-order valence-corrected chi connectivity index (χ3v) is 3.49. The van der Waals surface area contributed by atoms with E-state index in [-0.39, 0.29) is 0 Å². The molecule has 1 unspecified atom stereocenters. The molecule has 0 radical (unpaired) electrons. The highest BCUT2D eigenvalue weighted by molar-refractivity contribution is 5.74. The molecule has 0 N–H and O–H groups in total. The van der Waals surface area contributed by atoms with Gasteiger partial charge in [0.25, 0.3) is 0 Å². The predicted octanol–water partition coefficient (Wildman–Crippen LogP) is 3.48. The summed E-state index contributed by atoms with van der Waals surface area (Å²) in [5, 5.41) is 0. The number of nitrogens with zero attached hydrogens (tertiary/aromatic N) is 2. The van der Waals surface area contributed by atoms with Crippen molar-refractivity contribution in [2.24, 2.45) is 10.9 Å². The molecule has 1 aliphatic rings. The van der Waals surface area contributed by atoms with Crippen molar-refractivity contribution in [2.75, 3.05) is 25.1 Å². The van der Waals surface area contributed by atoms with Gasteiger partial charge in [-0.25, -0.2) is 0 Å². The van der Waals surface area contributed by atoms with Gasteiger partial charge in [-0.05, 0) is 37.3 Å². The number of methoxy groups -OCH3 is 1. The van der Waals surface area contributed by atoms with E-state index in [1.165, 1.54) is 12.1 Å². The van der Waals surface area contributed by atoms with E-state index in [1.807, 2.05) is 6.07 Å². The van der Waals surface area contributed by atoms with Gasteiger partial charge in [0.1, 0.15) is 5.76 Å². The second kappa shape index (κ2) is 5.25. The van der Waals surface area contributed by atoms with Crippen LogP contribution in [0.1, 0.15) is 18.9 Å². The summed E-state index contributed by atoms with van der Waals surface area (Å²) in [5.41, 5.74) is 2.95. The molecule has 3 nitrogen and oxygen atoms in total. The van der Waals surface area contributed by atoms with Gasteiger partial charge < -0.3 is 9.64 Å². The third kappa shape index (κ3) is 2.40. The second-order valence-corrected chi connectivity index (χ2v) is 4.83. The first-order chi connectivity index (χ1) is 8.65. The molecule has 1 aromatic carbocycles. The summed E-state index contributed by atoms with van der Waals surface area (Å²) in [7, 11) is 1.62. The molecule has 0 spiro atoms. The fourth-order valence-corrected chi connectivity index (χ4v) is 2.36. The van der Waals surface area contributed by atoms with E-state index >= 15 is 0 Å². The highest BCUT2D eigenvalue weighted by Gasteiger charge is 2.20. The van der Waals surface area contributed by atoms with Crippen molar-refractivity contribution < 1.29 is 4.74 Å². The van der Waals surface area contributed by atoms with Crippen molar-refractivity contribution in [3.05, 3.63) is 30.3 Å². The first kappa shape index (κ1) is 12.7. The van der Waals surface area contributed by atoms with Gasteiger partial charge >= 0.3 is 0 Å². The summed E-state index contributed by atoms with van der Waals surface area (Å²) in [4.78, 5) is 6.41. The Balaban J connectivity index is 2.33. The molecule has 1 fully saturated rings. The lowest BCUT2D eigenvalue weighted by Gasteiger charge is -2.20. The van der Waals surface area contributed by atoms with Crippen molar-refractivity contribution >= 4 is 23.9 Å². The number of ether oxygens (including phenoxy) is 1. The number of hydrogen-bond acceptors (Lipinski definition) is 3. The molecule has 0 bridgehead atoms. The largest absolute Gasteiger partial charge is 0.497 e. The van der Waals surface area contributed by atoms with Gasteiger partial charge in [0.05, 0.1) is 12.8 Å². The first-order valence-corrected chi connectivity index (χ1v) is 6.24. The highest BCUT2D eigenvalue weighted by atomic mass is 16.5. The molecule has 3 heteroatoms. The zero-order chi connectivity index (χ0) is 13.1. The first-order valence-electron chi connectivity index (χ1n) is 6.24. The molecule has 1 aliphatic heterocycles. The highest BCUT2D eigenvalue weighted by Crippen LogP contribution is 2.32. The number of aliphatic imine (C=N–C) groups is 1. The van der Waals surface area contributed by atoms with E-state index in [0.717, 1.165) is 30.3 Å². The maximum absolute atomic E-state index is 5.22. The molecule has 0 saturated carbocycles. The molecule has 0 aromatic heterocycles. The summed E-state index contributed by atoms with van der Waals surface area (Å²) in [6.07, 6.45) is 1.25. The van der Waals surface area contributed by atoms with E-state index in [9.17, 15) is 0 Å². The Morgan fingerprint density at radius 3 is 2.83 bits per heavy atom. The molecular formula is C15H20N2O. The van der Waals surface area contributed by atoms with Crippen molar-refractivity contribution in [2.45, 2.75) is 13.3 Å². The number of anilines is 1. The number of benzene rings is 1. The van der Waals surface area contributed by atoms with Crippen LogP contribution < -0.4 is 4.90 Å². The van der Waals surface area contributed by atoms with Crippen LogP contribution in [0.4, 0.5) is 11.4 Å². The molecule has 0 aliphatic carbocycles. The van der Waals surface area contributed by atoms with Gasteiger partial charge in [-0.3, -0.25) is 4.99 Å². The van der Waals surface area contributed by atoms with E-state index in [4.69, 9.17) is 4.74 Å². The molecule has 1 saturated heterocycles. The normalized spacial score (nSPS) is 18.8. The van der Waals surface area contributed by atoms with Crippen LogP contribution in [0.3, 0.4) is 0 Å². The molecule has 2 rings (SSSR count). The van der Waals surface area contributed by atoms with E-state index in [1.54, 1.807) is 7.11 Å². The Hall–Kier alpha value is -1.77. The minimum atomic E-state index is 0.631. The standard InChI is InChI=1S/C15H20N2O/c1-11-7-8-17(10-11)13-5-6-15(16-3)14(9-13)12(2)18-4/h5-6,9,11H,2-3,7-8,10H2,1,4H3. The Morgan fingerprint density at radius 2 is 2.28 bits per heavy atom. The fourth-order valence-electron chi connectivity index (χ4n) is 2.36. The van der Waals surface area contributed by atoms with E-state index in [0.29, 0.717) is 5.76 Å². The molecule has 96 valence electrons. The smallest absolute Gasteiger partial charge is 0.121 e. The van der Waals surface area contributed by atoms with Crippen LogP contribution in [-0.4, -0.2) is 26.9 Å². The summed E-state index contributed by atoms with van der Waals surface area (Å²) in [5.74, 6) is 1.39.